The van der Waals surface area contributed by atoms with Crippen LogP contribution in [0.5, 0.6) is 0 Å². The molecule has 24 heavy (non-hydrogen) atoms. The zero-order chi connectivity index (χ0) is 17.9. The van der Waals surface area contributed by atoms with Crippen molar-refractivity contribution in [2.45, 2.75) is 25.5 Å². The van der Waals surface area contributed by atoms with Crippen LogP contribution in [0, 0.1) is 0 Å². The highest BCUT2D eigenvalue weighted by molar-refractivity contribution is 7.85. The van der Waals surface area contributed by atoms with Crippen LogP contribution in [0.2, 0.25) is 0 Å². The normalized spacial score (nSPS) is 11.6. The molecule has 0 saturated carbocycles. The summed E-state index contributed by atoms with van der Waals surface area (Å²) in [5.74, 6) is -2.19. The zero-order valence-corrected chi connectivity index (χ0v) is 13.7. The summed E-state index contributed by atoms with van der Waals surface area (Å²) in [7, 11) is -4.20. The molecule has 0 atom stereocenters. The van der Waals surface area contributed by atoms with E-state index in [4.69, 9.17) is 14.4 Å². The van der Waals surface area contributed by atoms with Gasteiger partial charge in [0.1, 0.15) is 11.4 Å². The molecule has 0 bridgehead atoms. The average molecular weight is 355 g/mol. The fourth-order valence-corrected chi connectivity index (χ4v) is 3.07. The smallest absolute Gasteiger partial charge is 0.355 e. The van der Waals surface area contributed by atoms with Crippen molar-refractivity contribution in [2.24, 2.45) is 0 Å². The Balaban J connectivity index is 2.54. The number of hydrogen-bond acceptors (Lipinski definition) is 5. The van der Waals surface area contributed by atoms with Gasteiger partial charge >= 0.3 is 11.9 Å². The number of nitrogens with one attached hydrogen (secondary N) is 1. The van der Waals surface area contributed by atoms with Crippen LogP contribution >= 0.6 is 0 Å². The van der Waals surface area contributed by atoms with Crippen LogP contribution in [-0.2, 0) is 31.8 Å². The Morgan fingerprint density at radius 1 is 1.29 bits per heavy atom. The van der Waals surface area contributed by atoms with Crippen LogP contribution in [0.1, 0.15) is 35.0 Å². The number of ether oxygens (including phenoxy) is 1. The third kappa shape index (κ3) is 4.33. The molecule has 0 unspecified atom stereocenters. The molecule has 1 aromatic heterocycles. The standard InChI is InChI=1S/C15H17NO7S/c1-2-23-15(19)14-10(4-6-13(17)18)11-7-9(8-24(20,21)22)3-5-12(11)16-14/h3,5,7,16H,2,4,6,8H2,1H3,(H,17,18)(H,20,21,22). The lowest BCUT2D eigenvalue weighted by atomic mass is 10.0. The minimum Gasteiger partial charge on any atom is -0.481 e. The summed E-state index contributed by atoms with van der Waals surface area (Å²) in [6, 6.07) is 4.59. The Morgan fingerprint density at radius 3 is 2.58 bits per heavy atom. The maximum Gasteiger partial charge on any atom is 0.355 e. The van der Waals surface area contributed by atoms with Crippen molar-refractivity contribution in [3.8, 4) is 0 Å². The number of aryl methyl sites for hydroxylation is 1. The summed E-state index contributed by atoms with van der Waals surface area (Å²) >= 11 is 0. The number of aromatic amines is 1. The molecule has 0 radical (unpaired) electrons. The first-order valence-corrected chi connectivity index (χ1v) is 8.79. The molecule has 0 aliphatic rings. The van der Waals surface area contributed by atoms with Crippen LogP contribution < -0.4 is 0 Å². The molecule has 0 saturated heterocycles. The number of H-pyrrole nitrogens is 1. The second-order valence-corrected chi connectivity index (χ2v) is 6.65. The van der Waals surface area contributed by atoms with Crippen LogP contribution in [0.25, 0.3) is 10.9 Å². The van der Waals surface area contributed by atoms with Crippen molar-refractivity contribution in [1.82, 2.24) is 4.98 Å². The predicted octanol–water partition coefficient (Wildman–Crippen LogP) is 1.75. The quantitative estimate of drug-likeness (QED) is 0.509. The summed E-state index contributed by atoms with van der Waals surface area (Å²) in [5, 5.41) is 9.41. The second kappa shape index (κ2) is 7.02. The van der Waals surface area contributed by atoms with Gasteiger partial charge in [-0.15, -0.1) is 0 Å². The summed E-state index contributed by atoms with van der Waals surface area (Å²) in [6.45, 7) is 1.82. The lowest BCUT2D eigenvalue weighted by Gasteiger charge is -2.04. The van der Waals surface area contributed by atoms with Crippen molar-refractivity contribution in [3.63, 3.8) is 0 Å². The maximum atomic E-state index is 12.1. The van der Waals surface area contributed by atoms with Crippen molar-refractivity contribution in [3.05, 3.63) is 35.0 Å². The fraction of sp³-hybridized carbons (Fsp3) is 0.333. The van der Waals surface area contributed by atoms with Gasteiger partial charge in [0.05, 0.1) is 6.61 Å². The molecule has 8 nitrogen and oxygen atoms in total. The van der Waals surface area contributed by atoms with Gasteiger partial charge in [0.2, 0.25) is 0 Å². The minimum atomic E-state index is -4.20. The molecular formula is C15H17NO7S. The first-order valence-electron chi connectivity index (χ1n) is 7.19. The molecule has 2 aromatic rings. The van der Waals surface area contributed by atoms with Gasteiger partial charge in [-0.3, -0.25) is 9.35 Å². The topological polar surface area (TPSA) is 134 Å². The number of hydrogen-bond donors (Lipinski definition) is 3. The minimum absolute atomic E-state index is 0.0822. The van der Waals surface area contributed by atoms with E-state index in [9.17, 15) is 18.0 Å². The number of aliphatic carboxylic acids is 1. The highest BCUT2D eigenvalue weighted by Crippen LogP contribution is 2.26. The Kier molecular flexibility index (Phi) is 5.25. The number of carboxylic acid groups (broad SMARTS) is 1. The van der Waals surface area contributed by atoms with E-state index in [-0.39, 0.29) is 25.1 Å². The van der Waals surface area contributed by atoms with Crippen molar-refractivity contribution < 1.29 is 32.4 Å². The van der Waals surface area contributed by atoms with Crippen LogP contribution in [0.15, 0.2) is 18.2 Å². The van der Waals surface area contributed by atoms with E-state index >= 15 is 0 Å². The molecular weight excluding hydrogens is 338 g/mol. The van der Waals surface area contributed by atoms with Gasteiger partial charge in [-0.1, -0.05) is 6.07 Å². The molecule has 1 heterocycles. The molecule has 0 aliphatic heterocycles. The van der Waals surface area contributed by atoms with Gasteiger partial charge in [-0.05, 0) is 36.6 Å². The van der Waals surface area contributed by atoms with Crippen LogP contribution in [0.4, 0.5) is 0 Å². The van der Waals surface area contributed by atoms with Gasteiger partial charge in [0.15, 0.2) is 0 Å². The lowest BCUT2D eigenvalue weighted by Crippen LogP contribution is -2.09. The first kappa shape index (κ1) is 18.0. The number of esters is 1. The Morgan fingerprint density at radius 2 is 2.00 bits per heavy atom. The van der Waals surface area contributed by atoms with Crippen molar-refractivity contribution in [1.29, 1.82) is 0 Å². The second-order valence-electron chi connectivity index (χ2n) is 5.20. The third-order valence-corrected chi connectivity index (χ3v) is 4.09. The van der Waals surface area contributed by atoms with E-state index < -0.39 is 27.8 Å². The average Bonchev–Trinajstić information content (AvgIpc) is 2.81. The molecule has 2 rings (SSSR count). The van der Waals surface area contributed by atoms with Gasteiger partial charge in [-0.2, -0.15) is 8.42 Å². The monoisotopic (exact) mass is 355 g/mol. The summed E-state index contributed by atoms with van der Waals surface area (Å²) < 4.78 is 36.0. The summed E-state index contributed by atoms with van der Waals surface area (Å²) in [6.07, 6.45) is -0.110. The van der Waals surface area contributed by atoms with E-state index in [2.05, 4.69) is 4.98 Å². The molecule has 0 spiro atoms. The van der Waals surface area contributed by atoms with E-state index in [1.54, 1.807) is 13.0 Å². The van der Waals surface area contributed by atoms with E-state index in [1.807, 2.05) is 0 Å². The first-order chi connectivity index (χ1) is 11.2. The molecule has 0 amide bonds. The Bertz CT molecular complexity index is 883. The molecule has 0 fully saturated rings. The predicted molar refractivity (Wildman–Crippen MR) is 85.5 cm³/mol. The summed E-state index contributed by atoms with van der Waals surface area (Å²) in [4.78, 5) is 25.8. The van der Waals surface area contributed by atoms with Gasteiger partial charge in [-0.25, -0.2) is 4.79 Å². The Labute approximate surface area is 138 Å². The fourth-order valence-electron chi connectivity index (χ4n) is 2.46. The highest BCUT2D eigenvalue weighted by Gasteiger charge is 2.20. The zero-order valence-electron chi connectivity index (χ0n) is 12.9. The lowest BCUT2D eigenvalue weighted by molar-refractivity contribution is -0.136. The molecule has 1 aromatic carbocycles. The Hall–Kier alpha value is -2.39. The summed E-state index contributed by atoms with van der Waals surface area (Å²) in [5.41, 5.74) is 1.48. The van der Waals surface area contributed by atoms with E-state index in [0.717, 1.165) is 0 Å². The largest absolute Gasteiger partial charge is 0.481 e. The molecule has 130 valence electrons. The number of fused-ring (bicyclic) bond motifs is 1. The van der Waals surface area contributed by atoms with E-state index in [0.29, 0.717) is 22.0 Å². The van der Waals surface area contributed by atoms with Gasteiger partial charge in [0.25, 0.3) is 10.1 Å². The highest BCUT2D eigenvalue weighted by atomic mass is 32.2. The van der Waals surface area contributed by atoms with E-state index in [1.165, 1.54) is 12.1 Å². The van der Waals surface area contributed by atoms with Crippen LogP contribution in [0.3, 0.4) is 0 Å². The SMILES string of the molecule is CCOC(=O)c1[nH]c2ccc(CS(=O)(=O)O)cc2c1CCC(=O)O. The number of aromatic nitrogens is 1. The van der Waals surface area contributed by atoms with Crippen molar-refractivity contribution in [2.75, 3.05) is 6.61 Å². The molecule has 0 aliphatic carbocycles. The maximum absolute atomic E-state index is 12.1. The third-order valence-electron chi connectivity index (χ3n) is 3.39. The number of carboxylic acids is 1. The number of carbonyl (C=O) groups excluding carboxylic acids is 1. The number of rotatable bonds is 7. The molecule has 3 N–H and O–H groups in total. The number of carbonyl (C=O) groups is 2. The molecule has 9 heteroatoms. The van der Waals surface area contributed by atoms with Gasteiger partial charge in [0, 0.05) is 17.3 Å². The number of benzene rings is 1. The van der Waals surface area contributed by atoms with Crippen LogP contribution in [-0.4, -0.2) is 41.6 Å². The van der Waals surface area contributed by atoms with Gasteiger partial charge < -0.3 is 14.8 Å². The van der Waals surface area contributed by atoms with Crippen molar-refractivity contribution >= 4 is 33.0 Å².